The second kappa shape index (κ2) is 6.36. The van der Waals surface area contributed by atoms with E-state index in [1.54, 1.807) is 0 Å². The Labute approximate surface area is 124 Å². The Morgan fingerprint density at radius 1 is 0.900 bits per heavy atom. The van der Waals surface area contributed by atoms with Crippen LogP contribution in [0.15, 0.2) is 51.8 Å². The van der Waals surface area contributed by atoms with Crippen LogP contribution in [0.25, 0.3) is 21.9 Å². The van der Waals surface area contributed by atoms with Gasteiger partial charge in [0.25, 0.3) is 0 Å². The predicted molar refractivity (Wildman–Crippen MR) is 88.6 cm³/mol. The van der Waals surface area contributed by atoms with Crippen molar-refractivity contribution < 1.29 is 4.42 Å². The van der Waals surface area contributed by atoms with Gasteiger partial charge in [-0.15, -0.1) is 11.8 Å². The molecule has 0 aliphatic carbocycles. The van der Waals surface area contributed by atoms with Crippen LogP contribution in [0.2, 0.25) is 0 Å². The third-order valence-electron chi connectivity index (χ3n) is 3.61. The number of hydrogen-bond donors (Lipinski definition) is 0. The number of unbranched alkanes of at least 4 members (excludes halogenated alkanes) is 3. The lowest BCUT2D eigenvalue weighted by atomic mass is 10.1. The number of benzene rings is 2. The first kappa shape index (κ1) is 13.6. The minimum Gasteiger partial charge on any atom is -0.456 e. The minimum atomic E-state index is 0.979. The Kier molecular flexibility index (Phi) is 4.31. The molecule has 0 aliphatic rings. The van der Waals surface area contributed by atoms with Gasteiger partial charge in [-0.1, -0.05) is 44.4 Å². The van der Waals surface area contributed by atoms with Crippen LogP contribution >= 0.6 is 11.8 Å². The van der Waals surface area contributed by atoms with E-state index in [4.69, 9.17) is 4.42 Å². The van der Waals surface area contributed by atoms with Crippen LogP contribution in [-0.4, -0.2) is 5.75 Å². The fourth-order valence-electron chi connectivity index (χ4n) is 2.51. The monoisotopic (exact) mass is 284 g/mol. The Morgan fingerprint density at radius 3 is 2.65 bits per heavy atom. The average Bonchev–Trinajstić information content (AvgIpc) is 2.85. The summed E-state index contributed by atoms with van der Waals surface area (Å²) >= 11 is 1.96. The summed E-state index contributed by atoms with van der Waals surface area (Å²) in [5, 5.41) is 2.45. The van der Waals surface area contributed by atoms with Gasteiger partial charge in [-0.25, -0.2) is 0 Å². The maximum Gasteiger partial charge on any atom is 0.135 e. The van der Waals surface area contributed by atoms with E-state index in [1.165, 1.54) is 47.1 Å². The van der Waals surface area contributed by atoms with Gasteiger partial charge < -0.3 is 4.42 Å². The fourth-order valence-corrected chi connectivity index (χ4v) is 3.46. The predicted octanol–water partition coefficient (Wildman–Crippen LogP) is 6.26. The molecule has 0 saturated carbocycles. The van der Waals surface area contributed by atoms with E-state index in [0.717, 1.165) is 11.2 Å². The van der Waals surface area contributed by atoms with Gasteiger partial charge in [0.15, 0.2) is 0 Å². The molecule has 0 unspecified atom stereocenters. The molecule has 0 atom stereocenters. The van der Waals surface area contributed by atoms with Gasteiger partial charge in [0, 0.05) is 15.7 Å². The van der Waals surface area contributed by atoms with E-state index in [1.807, 2.05) is 23.9 Å². The van der Waals surface area contributed by atoms with Crippen LogP contribution in [0.3, 0.4) is 0 Å². The molecule has 0 aliphatic heterocycles. The molecular weight excluding hydrogens is 264 g/mol. The lowest BCUT2D eigenvalue weighted by molar-refractivity contribution is 0.668. The molecule has 104 valence electrons. The van der Waals surface area contributed by atoms with Gasteiger partial charge in [-0.05, 0) is 36.4 Å². The fraction of sp³-hybridized carbons (Fsp3) is 0.333. The zero-order valence-corrected chi connectivity index (χ0v) is 12.7. The highest BCUT2D eigenvalue weighted by atomic mass is 32.2. The SMILES string of the molecule is CCCCCCSc1ccc2oc3ccccc3c2c1. The number of thioether (sulfide) groups is 1. The van der Waals surface area contributed by atoms with Crippen molar-refractivity contribution in [1.82, 2.24) is 0 Å². The highest BCUT2D eigenvalue weighted by Crippen LogP contribution is 2.32. The molecule has 0 amide bonds. The summed E-state index contributed by atoms with van der Waals surface area (Å²) in [6.45, 7) is 2.26. The summed E-state index contributed by atoms with van der Waals surface area (Å²) in [6.07, 6.45) is 5.31. The second-order valence-electron chi connectivity index (χ2n) is 5.17. The molecule has 0 spiro atoms. The van der Waals surface area contributed by atoms with Gasteiger partial charge in [0.2, 0.25) is 0 Å². The zero-order chi connectivity index (χ0) is 13.8. The highest BCUT2D eigenvalue weighted by Gasteiger charge is 2.06. The number of rotatable bonds is 6. The number of hydrogen-bond acceptors (Lipinski definition) is 2. The van der Waals surface area contributed by atoms with E-state index in [0.29, 0.717) is 0 Å². The topological polar surface area (TPSA) is 13.1 Å². The average molecular weight is 284 g/mol. The van der Waals surface area contributed by atoms with Crippen LogP contribution in [0.4, 0.5) is 0 Å². The van der Waals surface area contributed by atoms with Gasteiger partial charge in [0.1, 0.15) is 11.2 Å². The molecule has 0 bridgehead atoms. The maximum atomic E-state index is 5.86. The van der Waals surface area contributed by atoms with Crippen LogP contribution in [-0.2, 0) is 0 Å². The van der Waals surface area contributed by atoms with Crippen LogP contribution in [0.1, 0.15) is 32.6 Å². The molecule has 0 fully saturated rings. The van der Waals surface area contributed by atoms with E-state index < -0.39 is 0 Å². The Morgan fingerprint density at radius 2 is 1.75 bits per heavy atom. The first-order chi connectivity index (χ1) is 9.88. The third-order valence-corrected chi connectivity index (χ3v) is 4.69. The summed E-state index contributed by atoms with van der Waals surface area (Å²) in [5.74, 6) is 1.21. The quantitative estimate of drug-likeness (QED) is 0.391. The lowest BCUT2D eigenvalue weighted by Crippen LogP contribution is -1.81. The first-order valence-electron chi connectivity index (χ1n) is 7.42. The van der Waals surface area contributed by atoms with Gasteiger partial charge in [-0.2, -0.15) is 0 Å². The van der Waals surface area contributed by atoms with Crippen LogP contribution in [0, 0.1) is 0 Å². The van der Waals surface area contributed by atoms with E-state index in [-0.39, 0.29) is 0 Å². The van der Waals surface area contributed by atoms with E-state index >= 15 is 0 Å². The second-order valence-corrected chi connectivity index (χ2v) is 6.33. The molecule has 3 aromatic rings. The van der Waals surface area contributed by atoms with Gasteiger partial charge in [0.05, 0.1) is 0 Å². The van der Waals surface area contributed by atoms with Crippen molar-refractivity contribution in [3.05, 3.63) is 42.5 Å². The summed E-state index contributed by atoms with van der Waals surface area (Å²) in [5.41, 5.74) is 1.97. The number of para-hydroxylation sites is 1. The van der Waals surface area contributed by atoms with Crippen molar-refractivity contribution >= 4 is 33.7 Å². The number of fused-ring (bicyclic) bond motifs is 3. The summed E-state index contributed by atoms with van der Waals surface area (Å²) in [4.78, 5) is 1.35. The van der Waals surface area contributed by atoms with E-state index in [9.17, 15) is 0 Å². The third kappa shape index (κ3) is 2.85. The van der Waals surface area contributed by atoms with Gasteiger partial charge in [-0.3, -0.25) is 0 Å². The van der Waals surface area contributed by atoms with Crippen LogP contribution in [0.5, 0.6) is 0 Å². The molecule has 20 heavy (non-hydrogen) atoms. The minimum absolute atomic E-state index is 0.979. The molecule has 0 radical (unpaired) electrons. The van der Waals surface area contributed by atoms with Crippen molar-refractivity contribution in [2.45, 2.75) is 37.5 Å². The largest absolute Gasteiger partial charge is 0.456 e. The summed E-state index contributed by atoms with van der Waals surface area (Å²) in [7, 11) is 0. The van der Waals surface area contributed by atoms with Crippen molar-refractivity contribution in [2.24, 2.45) is 0 Å². The number of furan rings is 1. The first-order valence-corrected chi connectivity index (χ1v) is 8.41. The Hall–Kier alpha value is -1.41. The smallest absolute Gasteiger partial charge is 0.135 e. The van der Waals surface area contributed by atoms with Crippen LogP contribution < -0.4 is 0 Å². The van der Waals surface area contributed by atoms with E-state index in [2.05, 4.69) is 37.3 Å². The Bertz CT molecular complexity index is 699. The molecule has 0 N–H and O–H groups in total. The standard InChI is InChI=1S/C18H20OS/c1-2-3-4-7-12-20-14-10-11-18-16(13-14)15-8-5-6-9-17(15)19-18/h5-6,8-11,13H,2-4,7,12H2,1H3. The molecular formula is C18H20OS. The van der Waals surface area contributed by atoms with Crippen molar-refractivity contribution in [3.63, 3.8) is 0 Å². The van der Waals surface area contributed by atoms with Crippen molar-refractivity contribution in [3.8, 4) is 0 Å². The van der Waals surface area contributed by atoms with Crippen molar-refractivity contribution in [1.29, 1.82) is 0 Å². The highest BCUT2D eigenvalue weighted by molar-refractivity contribution is 7.99. The Balaban J connectivity index is 1.77. The molecule has 2 aromatic carbocycles. The molecule has 1 aromatic heterocycles. The zero-order valence-electron chi connectivity index (χ0n) is 11.9. The molecule has 2 heteroatoms. The summed E-state index contributed by atoms with van der Waals surface area (Å²) in [6, 6.07) is 14.8. The molecule has 1 heterocycles. The van der Waals surface area contributed by atoms with Crippen molar-refractivity contribution in [2.75, 3.05) is 5.75 Å². The normalized spacial score (nSPS) is 11.4. The molecule has 3 rings (SSSR count). The molecule has 1 nitrogen and oxygen atoms in total. The lowest BCUT2D eigenvalue weighted by Gasteiger charge is -2.01. The van der Waals surface area contributed by atoms with Gasteiger partial charge >= 0.3 is 0 Å². The maximum absolute atomic E-state index is 5.86. The molecule has 0 saturated heterocycles. The summed E-state index contributed by atoms with van der Waals surface area (Å²) < 4.78 is 5.86.